The first-order valence-electron chi connectivity index (χ1n) is 8.86. The number of benzene rings is 1. The number of aromatic nitrogens is 1. The highest BCUT2D eigenvalue weighted by Gasteiger charge is 2.49. The van der Waals surface area contributed by atoms with E-state index in [1.165, 1.54) is 0 Å². The zero-order chi connectivity index (χ0) is 18.0. The van der Waals surface area contributed by atoms with Crippen molar-refractivity contribution in [2.75, 3.05) is 13.2 Å². The Kier molecular flexibility index (Phi) is 4.61. The number of nitrogens with zero attached hydrogens (tertiary/aromatic N) is 2. The molecule has 0 spiro atoms. The van der Waals surface area contributed by atoms with Crippen LogP contribution in [0.15, 0.2) is 54.7 Å². The molecule has 26 heavy (non-hydrogen) atoms. The average Bonchev–Trinajstić information content (AvgIpc) is 2.67. The predicted molar refractivity (Wildman–Crippen MR) is 94.2 cm³/mol. The second-order valence-electron chi connectivity index (χ2n) is 6.95. The third-order valence-corrected chi connectivity index (χ3v) is 5.11. The fraction of sp³-hybridized carbons (Fsp3) is 0.400. The molecule has 1 N–H and O–H groups in total. The van der Waals surface area contributed by atoms with Crippen molar-refractivity contribution in [3.05, 3.63) is 66.0 Å². The Labute approximate surface area is 152 Å². The van der Waals surface area contributed by atoms with Crippen molar-refractivity contribution in [2.45, 2.75) is 37.1 Å². The van der Waals surface area contributed by atoms with Crippen LogP contribution in [0.25, 0.3) is 0 Å². The van der Waals surface area contributed by atoms with E-state index in [1.54, 1.807) is 11.1 Å². The highest BCUT2D eigenvalue weighted by molar-refractivity contribution is 5.69. The number of amides is 1. The molecule has 6 nitrogen and oxygen atoms in total. The lowest BCUT2D eigenvalue weighted by molar-refractivity contribution is -0.138. The fourth-order valence-electron chi connectivity index (χ4n) is 3.92. The maximum atomic E-state index is 12.7. The van der Waals surface area contributed by atoms with Crippen molar-refractivity contribution < 1.29 is 19.4 Å². The Hall–Kier alpha value is -2.44. The molecule has 2 aliphatic rings. The lowest BCUT2D eigenvalue weighted by Crippen LogP contribution is -2.62. The first kappa shape index (κ1) is 17.0. The molecule has 2 fully saturated rings. The highest BCUT2D eigenvalue weighted by Crippen LogP contribution is 2.40. The van der Waals surface area contributed by atoms with Crippen LogP contribution in [0.4, 0.5) is 4.79 Å². The maximum Gasteiger partial charge on any atom is 0.410 e. The monoisotopic (exact) mass is 354 g/mol. The number of carbonyl (C=O) groups excluding carboxylic acids is 1. The molecule has 136 valence electrons. The molecule has 1 aromatic heterocycles. The minimum Gasteiger partial charge on any atom is -0.445 e. The number of piperidine rings is 1. The summed E-state index contributed by atoms with van der Waals surface area (Å²) in [6.45, 7) is 1.03. The van der Waals surface area contributed by atoms with E-state index in [0.29, 0.717) is 31.7 Å². The van der Waals surface area contributed by atoms with E-state index in [-0.39, 0.29) is 24.8 Å². The van der Waals surface area contributed by atoms with Crippen molar-refractivity contribution >= 4 is 6.09 Å². The summed E-state index contributed by atoms with van der Waals surface area (Å²) in [5.74, 6) is 0. The summed E-state index contributed by atoms with van der Waals surface area (Å²) in [4.78, 5) is 18.7. The SMILES string of the molecule is O=C(OCc1ccccc1)N1C2COCC1CC(O)(c1ccccn1)C2. The van der Waals surface area contributed by atoms with Crippen LogP contribution in [0.2, 0.25) is 0 Å². The number of hydrogen-bond acceptors (Lipinski definition) is 5. The molecule has 2 aliphatic heterocycles. The number of fused-ring (bicyclic) bond motifs is 2. The molecule has 2 saturated heterocycles. The summed E-state index contributed by atoms with van der Waals surface area (Å²) < 4.78 is 11.1. The van der Waals surface area contributed by atoms with E-state index < -0.39 is 5.60 Å². The van der Waals surface area contributed by atoms with Gasteiger partial charge < -0.3 is 14.6 Å². The molecule has 0 radical (unpaired) electrons. The molecule has 6 heteroatoms. The van der Waals surface area contributed by atoms with Gasteiger partial charge in [0.15, 0.2) is 0 Å². The highest BCUT2D eigenvalue weighted by atomic mass is 16.6. The van der Waals surface area contributed by atoms with Crippen molar-refractivity contribution in [3.8, 4) is 0 Å². The molecule has 0 saturated carbocycles. The molecule has 2 aromatic rings. The van der Waals surface area contributed by atoms with Crippen LogP contribution >= 0.6 is 0 Å². The number of hydrogen-bond donors (Lipinski definition) is 1. The van der Waals surface area contributed by atoms with E-state index in [9.17, 15) is 9.90 Å². The van der Waals surface area contributed by atoms with Crippen LogP contribution in [-0.4, -0.2) is 46.4 Å². The summed E-state index contributed by atoms with van der Waals surface area (Å²) in [6.07, 6.45) is 2.11. The first-order chi connectivity index (χ1) is 12.7. The van der Waals surface area contributed by atoms with Crippen LogP contribution < -0.4 is 0 Å². The summed E-state index contributed by atoms with van der Waals surface area (Å²) in [7, 11) is 0. The van der Waals surface area contributed by atoms with E-state index in [2.05, 4.69) is 4.98 Å². The Morgan fingerprint density at radius 1 is 1.15 bits per heavy atom. The molecule has 0 aliphatic carbocycles. The van der Waals surface area contributed by atoms with Crippen LogP contribution in [0.1, 0.15) is 24.1 Å². The second kappa shape index (κ2) is 7.05. The lowest BCUT2D eigenvalue weighted by atomic mass is 9.79. The number of ether oxygens (including phenoxy) is 2. The standard InChI is InChI=1S/C20H22N2O4/c23-19(26-12-15-6-2-1-3-7-15)22-16-10-20(24,11-17(22)14-25-13-16)18-8-4-5-9-21-18/h1-9,16-17,24H,10-14H2. The summed E-state index contributed by atoms with van der Waals surface area (Å²) in [6, 6.07) is 14.7. The van der Waals surface area contributed by atoms with Crippen LogP contribution in [0.3, 0.4) is 0 Å². The molecule has 2 atom stereocenters. The largest absolute Gasteiger partial charge is 0.445 e. The summed E-state index contributed by atoms with van der Waals surface area (Å²) >= 11 is 0. The molecule has 1 amide bonds. The maximum absolute atomic E-state index is 12.7. The van der Waals surface area contributed by atoms with E-state index in [0.717, 1.165) is 5.56 Å². The quantitative estimate of drug-likeness (QED) is 0.917. The van der Waals surface area contributed by atoms with E-state index >= 15 is 0 Å². The van der Waals surface area contributed by atoms with Gasteiger partial charge in [0, 0.05) is 19.0 Å². The molecule has 2 unspecified atom stereocenters. The fourth-order valence-corrected chi connectivity index (χ4v) is 3.92. The molecule has 2 bridgehead atoms. The smallest absolute Gasteiger partial charge is 0.410 e. The van der Waals surface area contributed by atoms with Crippen molar-refractivity contribution in [2.24, 2.45) is 0 Å². The van der Waals surface area contributed by atoms with Gasteiger partial charge >= 0.3 is 6.09 Å². The van der Waals surface area contributed by atoms with Crippen molar-refractivity contribution in [1.29, 1.82) is 0 Å². The lowest BCUT2D eigenvalue weighted by Gasteiger charge is -2.50. The molecular formula is C20H22N2O4. The number of aliphatic hydroxyl groups is 1. The zero-order valence-corrected chi connectivity index (χ0v) is 14.5. The Morgan fingerprint density at radius 2 is 1.85 bits per heavy atom. The normalized spacial score (nSPS) is 27.8. The molecular weight excluding hydrogens is 332 g/mol. The predicted octanol–water partition coefficient (Wildman–Crippen LogP) is 2.47. The number of carbonyl (C=O) groups is 1. The Bertz CT molecular complexity index is 739. The van der Waals surface area contributed by atoms with Crippen LogP contribution in [0.5, 0.6) is 0 Å². The van der Waals surface area contributed by atoms with Crippen molar-refractivity contribution in [3.63, 3.8) is 0 Å². The minimum atomic E-state index is -1.05. The van der Waals surface area contributed by atoms with E-state index in [4.69, 9.17) is 9.47 Å². The summed E-state index contributed by atoms with van der Waals surface area (Å²) in [5.41, 5.74) is 0.551. The van der Waals surface area contributed by atoms with Gasteiger partial charge in [-0.25, -0.2) is 4.79 Å². The first-order valence-corrected chi connectivity index (χ1v) is 8.86. The van der Waals surface area contributed by atoms with Crippen molar-refractivity contribution in [1.82, 2.24) is 9.88 Å². The van der Waals surface area contributed by atoms with Gasteiger partial charge in [-0.05, 0) is 17.7 Å². The number of rotatable bonds is 3. The third kappa shape index (κ3) is 3.30. The van der Waals surface area contributed by atoms with E-state index in [1.807, 2.05) is 48.5 Å². The van der Waals surface area contributed by atoms with Crippen LogP contribution in [-0.2, 0) is 21.7 Å². The summed E-state index contributed by atoms with van der Waals surface area (Å²) in [5, 5.41) is 11.2. The molecule has 1 aromatic carbocycles. The molecule has 4 rings (SSSR count). The van der Waals surface area contributed by atoms with Gasteiger partial charge in [0.05, 0.1) is 31.0 Å². The van der Waals surface area contributed by atoms with Gasteiger partial charge in [-0.1, -0.05) is 36.4 Å². The Balaban J connectivity index is 1.48. The zero-order valence-electron chi connectivity index (χ0n) is 14.5. The second-order valence-corrected chi connectivity index (χ2v) is 6.95. The average molecular weight is 354 g/mol. The molecule has 3 heterocycles. The third-order valence-electron chi connectivity index (χ3n) is 5.11. The van der Waals surface area contributed by atoms with Gasteiger partial charge in [0.25, 0.3) is 0 Å². The van der Waals surface area contributed by atoms with Crippen LogP contribution in [0, 0.1) is 0 Å². The van der Waals surface area contributed by atoms with Gasteiger partial charge in [-0.3, -0.25) is 9.88 Å². The topological polar surface area (TPSA) is 71.9 Å². The van der Waals surface area contributed by atoms with Gasteiger partial charge in [-0.2, -0.15) is 0 Å². The minimum absolute atomic E-state index is 0.224. The Morgan fingerprint density at radius 3 is 2.50 bits per heavy atom. The number of morpholine rings is 1. The van der Waals surface area contributed by atoms with Gasteiger partial charge in [0.1, 0.15) is 12.2 Å². The van der Waals surface area contributed by atoms with Gasteiger partial charge in [0.2, 0.25) is 0 Å². The van der Waals surface area contributed by atoms with Gasteiger partial charge in [-0.15, -0.1) is 0 Å². The number of pyridine rings is 1.